The minimum Gasteiger partial charge on any atom is -0.365 e. The third-order valence-electron chi connectivity index (χ3n) is 28.5. The van der Waals surface area contributed by atoms with Crippen molar-refractivity contribution in [1.29, 1.82) is 0 Å². The summed E-state index contributed by atoms with van der Waals surface area (Å²) in [6.45, 7) is -1.94. The zero-order valence-electron chi connectivity index (χ0n) is 90.4. The second kappa shape index (κ2) is 23.3. The van der Waals surface area contributed by atoms with Crippen molar-refractivity contribution in [3.05, 3.63) is 321 Å². The van der Waals surface area contributed by atoms with Gasteiger partial charge >= 0.3 is 0 Å². The summed E-state index contributed by atoms with van der Waals surface area (Å²) in [7, 11) is 0. The fourth-order valence-corrected chi connectivity index (χ4v) is 24.6. The molecule has 6 aliphatic carbocycles. The molecule has 2 spiro atoms. The number of nitrogens with zero attached hydrogens (tertiary/aromatic N) is 5. The first-order chi connectivity index (χ1) is 67.9. The van der Waals surface area contributed by atoms with Crippen LogP contribution in [-0.4, -0.2) is 37.6 Å². The van der Waals surface area contributed by atoms with E-state index < -0.39 is 195 Å². The number of hydrogen-bond donors (Lipinski definition) is 1. The van der Waals surface area contributed by atoms with Gasteiger partial charge in [0.1, 0.15) is 0 Å². The van der Waals surface area contributed by atoms with E-state index in [1.54, 1.807) is 54.6 Å². The summed E-state index contributed by atoms with van der Waals surface area (Å²) < 4.78 is 288. The maximum absolute atomic E-state index is 10.2. The van der Waals surface area contributed by atoms with Gasteiger partial charge in [0, 0.05) is 114 Å². The standard InChI is InChI=1S/C104H82B2N6/c1-7-26-64(27-8-1)80-38-23-39-81(65-28-9-2-10-29-65)100(80)110-92-46-21-19-44-86(92)105-88-58-89-94(59-90(88)107-91-54-74(55-95(110)98(91)105)108-76-50-70-48-71-51-77(108)61-103(70,71)60-76)112(102-84(68-34-15-5-16-35-68)42-25-43-85(102)69-36-17-6-18-37-69)97-57-75(109-78-52-72-49-73-53-79(109)63-104(72,73)62-78)56-96-99(97)106(89)87-45-20-22-47-93(87)111(96)101-82(66-30-11-3-12-31-66)40-24-41-83(101)67-32-13-4-14-33-67/h1-47,54-59,70-73,76-79,107H,48-53,60-63H2/i1D,2D,3D,4D,5D,6D,7D,8D,9D,10D,11D,12D,13D,14D,15D,16D,17D,18D,26D,27D,28D,29D,30D,31D,32D,33D,34D,35D,36D,37D. The van der Waals surface area contributed by atoms with E-state index in [-0.39, 0.29) is 119 Å². The van der Waals surface area contributed by atoms with E-state index in [1.807, 2.05) is 69.3 Å². The molecule has 14 aromatic rings. The first kappa shape index (κ1) is 40.8. The lowest BCUT2D eigenvalue weighted by atomic mass is 9.30. The Morgan fingerprint density at radius 2 is 0.607 bits per heavy atom. The SMILES string of the molecule is [2H]c1c([2H])c([2H])c(-c2cccc(-c3c([2H])c([2H])c([2H])c([2H])c3[2H])c2N2c3ccccc3B3c4cc5c(cc4Nc4cc(N6C7CC8CC9CC6CC89C7)cc2c43)N(c2c(-c3c([2H])c([2H])c([2H])c([2H])c3[2H])cccc2-c2c([2H])c([2H])c([2H])c([2H])c2[2H])c2cc(N3C4CC6CC7CC3CC67C4)cc3c2B5c2ccccc2N3c2c(-c3c([2H])c([2H])c([2H])c([2H])c3[2H])cccc2-c2c([2H])c([2H])c([2H])c([2H])c2[2H])c([2H])c1[2H]. The first-order valence-electron chi connectivity index (χ1n) is 54.2. The second-order valence-electron chi connectivity index (χ2n) is 33.0. The van der Waals surface area contributed by atoms with Crippen molar-refractivity contribution < 1.29 is 41.1 Å². The van der Waals surface area contributed by atoms with Crippen LogP contribution in [0.15, 0.2) is 321 Å². The fraction of sp³-hybridized carbons (Fsp3) is 0.192. The van der Waals surface area contributed by atoms with Crippen molar-refractivity contribution in [3.63, 3.8) is 0 Å². The van der Waals surface area contributed by atoms with E-state index in [2.05, 4.69) is 45.4 Å². The number of nitrogens with one attached hydrogen (secondary N) is 1. The quantitative estimate of drug-likeness (QED) is 0.130. The van der Waals surface area contributed by atoms with E-state index in [0.29, 0.717) is 108 Å². The molecule has 8 fully saturated rings. The van der Waals surface area contributed by atoms with Gasteiger partial charge in [0.15, 0.2) is 0 Å². The largest absolute Gasteiger partial charge is 0.365 e. The van der Waals surface area contributed by atoms with Gasteiger partial charge in [-0.2, -0.15) is 0 Å². The Hall–Kier alpha value is -12.0. The van der Waals surface area contributed by atoms with Gasteiger partial charge in [-0.15, -0.1) is 0 Å². The van der Waals surface area contributed by atoms with Crippen molar-refractivity contribution in [3.8, 4) is 66.8 Å². The number of piperidine rings is 2. The van der Waals surface area contributed by atoms with E-state index >= 15 is 0 Å². The van der Waals surface area contributed by atoms with Crippen molar-refractivity contribution in [2.24, 2.45) is 34.5 Å². The molecule has 8 heteroatoms. The molecular formula is C104H82B2N6. The molecule has 8 atom stereocenters. The number of fused-ring (bicyclic) bond motifs is 12. The molecule has 534 valence electrons. The molecule has 112 heavy (non-hydrogen) atoms. The van der Waals surface area contributed by atoms with Gasteiger partial charge < -0.3 is 29.8 Å². The molecule has 8 unspecified atom stereocenters. The van der Waals surface area contributed by atoms with Crippen molar-refractivity contribution in [2.45, 2.75) is 88.4 Å². The summed E-state index contributed by atoms with van der Waals surface area (Å²) in [5.41, 5.74) is 6.78. The Labute approximate surface area is 699 Å². The zero-order chi connectivity index (χ0) is 98.9. The van der Waals surface area contributed by atoms with Gasteiger partial charge in [-0.1, -0.05) is 278 Å². The van der Waals surface area contributed by atoms with E-state index in [0.717, 1.165) is 69.9 Å². The molecule has 14 aromatic carbocycles. The Balaban J connectivity index is 0.821. The summed E-state index contributed by atoms with van der Waals surface area (Å²) >= 11 is 0. The van der Waals surface area contributed by atoms with Gasteiger partial charge in [-0.05, 0) is 207 Å². The third kappa shape index (κ3) is 8.57. The minimum absolute atomic E-state index is 0.00748. The Bertz CT molecular complexity index is 7750. The Morgan fingerprint density at radius 1 is 0.286 bits per heavy atom. The molecule has 6 saturated carbocycles. The molecular weight excluding hydrogens is 1350 g/mol. The highest BCUT2D eigenvalue weighted by atomic mass is 15.3. The predicted octanol–water partition coefficient (Wildman–Crippen LogP) is 21.7. The van der Waals surface area contributed by atoms with Gasteiger partial charge in [-0.3, -0.25) is 0 Å². The summed E-state index contributed by atoms with van der Waals surface area (Å²) in [5, 5.41) is 4.09. The average molecular weight is 1470 g/mol. The zero-order valence-corrected chi connectivity index (χ0v) is 60.4. The van der Waals surface area contributed by atoms with Crippen LogP contribution in [0.4, 0.5) is 73.9 Å². The topological polar surface area (TPSA) is 28.2 Å². The number of hydrogen-bond acceptors (Lipinski definition) is 6. The van der Waals surface area contributed by atoms with Crippen molar-refractivity contribution >= 4 is 120 Å². The highest BCUT2D eigenvalue weighted by Gasteiger charge is 2.70. The van der Waals surface area contributed by atoms with Crippen LogP contribution in [0.25, 0.3) is 66.8 Å². The van der Waals surface area contributed by atoms with Crippen LogP contribution in [0.1, 0.15) is 105 Å². The predicted molar refractivity (Wildman–Crippen MR) is 467 cm³/mol. The maximum atomic E-state index is 10.2. The van der Waals surface area contributed by atoms with Crippen LogP contribution in [0.2, 0.25) is 0 Å². The van der Waals surface area contributed by atoms with Crippen molar-refractivity contribution in [1.82, 2.24) is 0 Å². The lowest BCUT2D eigenvalue weighted by molar-refractivity contribution is 0.00223. The van der Waals surface area contributed by atoms with E-state index in [9.17, 15) is 32.9 Å². The van der Waals surface area contributed by atoms with Gasteiger partial charge in [-0.25, -0.2) is 0 Å². The van der Waals surface area contributed by atoms with Gasteiger partial charge in [0.2, 0.25) is 0 Å². The average Bonchev–Trinajstić information content (AvgIpc) is 1.31. The number of para-hydroxylation sites is 5. The van der Waals surface area contributed by atoms with Crippen molar-refractivity contribution in [2.75, 3.05) is 29.8 Å². The normalized spacial score (nSPS) is 28.2. The molecule has 6 bridgehead atoms. The molecule has 0 amide bonds. The summed E-state index contributed by atoms with van der Waals surface area (Å²) in [5.74, 6) is 1.82. The summed E-state index contributed by atoms with van der Waals surface area (Å²) in [6, 6.07) is 22.0. The van der Waals surface area contributed by atoms with E-state index in [4.69, 9.17) is 8.22 Å². The van der Waals surface area contributed by atoms with Crippen LogP contribution >= 0.6 is 0 Å². The van der Waals surface area contributed by atoms with Gasteiger partial charge in [0.25, 0.3) is 13.4 Å². The van der Waals surface area contributed by atoms with Gasteiger partial charge in [0.05, 0.1) is 58.2 Å². The Kier molecular flexibility index (Phi) is 8.49. The third-order valence-corrected chi connectivity index (χ3v) is 28.5. The molecule has 6 heterocycles. The molecule has 12 aliphatic rings. The molecule has 1 N–H and O–H groups in total. The molecule has 0 radical (unpaired) electrons. The van der Waals surface area contributed by atoms with Crippen LogP contribution in [0, 0.1) is 34.5 Å². The minimum atomic E-state index is -1.05. The number of anilines is 13. The van der Waals surface area contributed by atoms with Crippen LogP contribution < -0.4 is 62.6 Å². The monoisotopic (exact) mass is 1470 g/mol. The summed E-state index contributed by atoms with van der Waals surface area (Å²) in [6.07, 6.45) is 9.31. The maximum Gasteiger partial charge on any atom is 0.252 e. The lowest BCUT2D eigenvalue weighted by Gasteiger charge is -2.49. The number of benzene rings is 14. The molecule has 6 nitrogen and oxygen atoms in total. The lowest BCUT2D eigenvalue weighted by Crippen LogP contribution is -2.65. The fourth-order valence-electron chi connectivity index (χ4n) is 24.6. The number of rotatable bonds is 11. The Morgan fingerprint density at radius 3 is 0.973 bits per heavy atom. The molecule has 0 aromatic heterocycles. The molecule has 6 aliphatic heterocycles. The van der Waals surface area contributed by atoms with E-state index in [1.165, 1.54) is 0 Å². The van der Waals surface area contributed by atoms with Crippen LogP contribution in [0.3, 0.4) is 0 Å². The smallest absolute Gasteiger partial charge is 0.252 e. The summed E-state index contributed by atoms with van der Waals surface area (Å²) in [4.78, 5) is 10.8. The first-order valence-corrected chi connectivity index (χ1v) is 39.2. The second-order valence-corrected chi connectivity index (χ2v) is 33.0. The van der Waals surface area contributed by atoms with Crippen LogP contribution in [0.5, 0.6) is 0 Å². The van der Waals surface area contributed by atoms with Crippen LogP contribution in [-0.2, 0) is 0 Å². The molecule has 26 rings (SSSR count). The highest BCUT2D eigenvalue weighted by Crippen LogP contribution is 2.75. The molecule has 2 saturated heterocycles. The highest BCUT2D eigenvalue weighted by molar-refractivity contribution is 7.03.